The van der Waals surface area contributed by atoms with Gasteiger partial charge in [0.1, 0.15) is 0 Å². The Morgan fingerprint density at radius 2 is 1.80 bits per heavy atom. The molecule has 0 aliphatic carbocycles. The maximum absolute atomic E-state index is 5.99. The molecule has 1 heterocycles. The van der Waals surface area contributed by atoms with E-state index in [1.807, 2.05) is 48.7 Å². The molecule has 3 aromatic rings. The third kappa shape index (κ3) is 5.61. The number of nitrogens with zero attached hydrogens (tertiary/aromatic N) is 2. The molecule has 25 heavy (non-hydrogen) atoms. The molecule has 0 aliphatic rings. The second-order valence-corrected chi connectivity index (χ2v) is 9.17. The number of thioether (sulfide) groups is 1. The van der Waals surface area contributed by atoms with Crippen LogP contribution in [-0.4, -0.2) is 14.8 Å². The highest BCUT2D eigenvalue weighted by Gasteiger charge is 2.16. The van der Waals surface area contributed by atoms with Gasteiger partial charge in [-0.2, -0.15) is 0 Å². The zero-order valence-corrected chi connectivity index (χ0v) is 18.2. The molecular weight excluding hydrogens is 484 g/mol. The van der Waals surface area contributed by atoms with Crippen molar-refractivity contribution in [2.24, 2.45) is 0 Å². The Kier molecular flexibility index (Phi) is 7.05. The lowest BCUT2D eigenvalue weighted by Crippen LogP contribution is -2.13. The number of aryl methyl sites for hydroxylation is 1. The number of hydrogen-bond acceptors (Lipinski definition) is 2. The Bertz CT molecular complexity index is 787. The lowest BCUT2D eigenvalue weighted by atomic mass is 10.1. The number of imidazole rings is 1. The second-order valence-electron chi connectivity index (χ2n) is 5.72. The van der Waals surface area contributed by atoms with Crippen molar-refractivity contribution in [2.75, 3.05) is 0 Å². The molecule has 0 radical (unpaired) electrons. The predicted octanol–water partition coefficient (Wildman–Crippen LogP) is 6.86. The number of rotatable bonds is 7. The summed E-state index contributed by atoms with van der Waals surface area (Å²) in [6.07, 6.45) is 7.81. The summed E-state index contributed by atoms with van der Waals surface area (Å²) in [6, 6.07) is 14.3. The third-order valence-corrected chi connectivity index (χ3v) is 7.34. The van der Waals surface area contributed by atoms with Gasteiger partial charge in [0.25, 0.3) is 0 Å². The van der Waals surface area contributed by atoms with Crippen molar-refractivity contribution in [1.82, 2.24) is 9.55 Å². The Morgan fingerprint density at radius 1 is 1.08 bits per heavy atom. The van der Waals surface area contributed by atoms with Crippen LogP contribution in [0.1, 0.15) is 12.0 Å². The van der Waals surface area contributed by atoms with Gasteiger partial charge in [0.05, 0.1) is 6.33 Å². The van der Waals surface area contributed by atoms with Crippen molar-refractivity contribution in [1.29, 1.82) is 0 Å². The van der Waals surface area contributed by atoms with E-state index in [0.29, 0.717) is 5.25 Å². The molecule has 0 N–H and O–H groups in total. The molecule has 130 valence electrons. The molecule has 0 saturated heterocycles. The Balaban J connectivity index is 1.73. The molecule has 0 aliphatic heterocycles. The molecule has 0 spiro atoms. The molecule has 0 amide bonds. The highest BCUT2D eigenvalue weighted by atomic mass is 79.9. The normalized spacial score (nSPS) is 12.3. The Morgan fingerprint density at radius 3 is 2.44 bits per heavy atom. The van der Waals surface area contributed by atoms with Gasteiger partial charge in [-0.15, -0.1) is 11.8 Å². The van der Waals surface area contributed by atoms with E-state index in [1.54, 1.807) is 0 Å². The first-order valence-electron chi connectivity index (χ1n) is 7.92. The molecule has 2 nitrogen and oxygen atoms in total. The van der Waals surface area contributed by atoms with Crippen LogP contribution in [0.2, 0.25) is 5.02 Å². The number of aromatic nitrogens is 2. The van der Waals surface area contributed by atoms with E-state index < -0.39 is 0 Å². The van der Waals surface area contributed by atoms with Gasteiger partial charge < -0.3 is 4.57 Å². The van der Waals surface area contributed by atoms with Gasteiger partial charge in [-0.05, 0) is 74.5 Å². The largest absolute Gasteiger partial charge is 0.336 e. The summed E-state index contributed by atoms with van der Waals surface area (Å²) >= 11 is 15.2. The minimum atomic E-state index is 0.430. The fraction of sp³-hybridized carbons (Fsp3) is 0.211. The molecule has 1 unspecified atom stereocenters. The highest BCUT2D eigenvalue weighted by molar-refractivity contribution is 9.11. The van der Waals surface area contributed by atoms with Crippen LogP contribution in [0.15, 0.2) is 75.0 Å². The minimum absolute atomic E-state index is 0.430. The van der Waals surface area contributed by atoms with E-state index in [4.69, 9.17) is 11.6 Å². The predicted molar refractivity (Wildman–Crippen MR) is 113 cm³/mol. The van der Waals surface area contributed by atoms with Gasteiger partial charge in [-0.1, -0.05) is 29.8 Å². The molecular formula is C19H17Br2ClN2S. The van der Waals surface area contributed by atoms with E-state index in [9.17, 15) is 0 Å². The summed E-state index contributed by atoms with van der Waals surface area (Å²) in [4.78, 5) is 5.41. The third-order valence-electron chi connectivity index (χ3n) is 3.85. The average Bonchev–Trinajstić information content (AvgIpc) is 3.10. The van der Waals surface area contributed by atoms with Gasteiger partial charge >= 0.3 is 0 Å². The molecule has 1 atom stereocenters. The molecule has 0 saturated carbocycles. The average molecular weight is 501 g/mol. The zero-order chi connectivity index (χ0) is 17.6. The van der Waals surface area contributed by atoms with Crippen molar-refractivity contribution >= 4 is 55.2 Å². The van der Waals surface area contributed by atoms with E-state index >= 15 is 0 Å². The summed E-state index contributed by atoms with van der Waals surface area (Å²) in [5.41, 5.74) is 1.31. The zero-order valence-electron chi connectivity index (χ0n) is 13.4. The van der Waals surface area contributed by atoms with Gasteiger partial charge in [-0.3, -0.25) is 0 Å². The SMILES string of the molecule is Clc1ccc(CCC(Cn2ccnc2)Sc2c(Br)cccc2Br)cc1. The topological polar surface area (TPSA) is 17.8 Å². The second kappa shape index (κ2) is 9.26. The quantitative estimate of drug-likeness (QED) is 0.330. The first kappa shape index (κ1) is 19.0. The fourth-order valence-corrected chi connectivity index (χ4v) is 5.42. The van der Waals surface area contributed by atoms with E-state index in [-0.39, 0.29) is 0 Å². The van der Waals surface area contributed by atoms with Crippen molar-refractivity contribution in [3.05, 3.63) is 80.7 Å². The molecule has 6 heteroatoms. The van der Waals surface area contributed by atoms with Crippen LogP contribution in [0.5, 0.6) is 0 Å². The smallest absolute Gasteiger partial charge is 0.0946 e. The lowest BCUT2D eigenvalue weighted by molar-refractivity contribution is 0.624. The molecule has 0 fully saturated rings. The summed E-state index contributed by atoms with van der Waals surface area (Å²) in [5.74, 6) is 0. The van der Waals surface area contributed by atoms with Crippen LogP contribution in [0.25, 0.3) is 0 Å². The van der Waals surface area contributed by atoms with E-state index in [2.05, 4.69) is 65.7 Å². The molecule has 3 rings (SSSR count). The standard InChI is InChI=1S/C19H17Br2ClN2S/c20-17-2-1-3-18(21)19(17)25-16(12-24-11-10-23-13-24)9-6-14-4-7-15(22)8-5-14/h1-5,7-8,10-11,13,16H,6,9,12H2. The summed E-state index contributed by atoms with van der Waals surface area (Å²) in [6.45, 7) is 0.923. The van der Waals surface area contributed by atoms with Crippen LogP contribution in [0.4, 0.5) is 0 Å². The van der Waals surface area contributed by atoms with E-state index in [1.165, 1.54) is 10.5 Å². The van der Waals surface area contributed by atoms with Crippen molar-refractivity contribution < 1.29 is 0 Å². The Hall–Kier alpha value is -0.750. The Labute approximate surface area is 174 Å². The number of halogens is 3. The fourth-order valence-electron chi connectivity index (χ4n) is 2.56. The summed E-state index contributed by atoms with van der Waals surface area (Å²) in [7, 11) is 0. The van der Waals surface area contributed by atoms with Gasteiger partial charge in [0, 0.05) is 43.1 Å². The maximum Gasteiger partial charge on any atom is 0.0946 e. The molecule has 2 aromatic carbocycles. The van der Waals surface area contributed by atoms with Gasteiger partial charge in [0.15, 0.2) is 0 Å². The van der Waals surface area contributed by atoms with Crippen molar-refractivity contribution in [3.8, 4) is 0 Å². The molecule has 0 bridgehead atoms. The summed E-state index contributed by atoms with van der Waals surface area (Å²) in [5, 5.41) is 1.21. The van der Waals surface area contributed by atoms with Gasteiger partial charge in [-0.25, -0.2) is 4.98 Å². The first-order chi connectivity index (χ1) is 12.1. The monoisotopic (exact) mass is 498 g/mol. The van der Waals surface area contributed by atoms with Crippen LogP contribution >= 0.6 is 55.2 Å². The van der Waals surface area contributed by atoms with Gasteiger partial charge in [0.2, 0.25) is 0 Å². The van der Waals surface area contributed by atoms with Crippen LogP contribution in [-0.2, 0) is 13.0 Å². The molecule has 1 aromatic heterocycles. The van der Waals surface area contributed by atoms with Crippen molar-refractivity contribution in [2.45, 2.75) is 29.5 Å². The number of hydrogen-bond donors (Lipinski definition) is 0. The van der Waals surface area contributed by atoms with Crippen LogP contribution in [0.3, 0.4) is 0 Å². The highest BCUT2D eigenvalue weighted by Crippen LogP contribution is 2.38. The van der Waals surface area contributed by atoms with Crippen molar-refractivity contribution in [3.63, 3.8) is 0 Å². The minimum Gasteiger partial charge on any atom is -0.336 e. The van der Waals surface area contributed by atoms with Crippen LogP contribution in [0, 0.1) is 0 Å². The first-order valence-corrected chi connectivity index (χ1v) is 10.8. The summed E-state index contributed by atoms with van der Waals surface area (Å²) < 4.78 is 4.38. The maximum atomic E-state index is 5.99. The van der Waals surface area contributed by atoms with E-state index in [0.717, 1.165) is 33.4 Å². The lowest BCUT2D eigenvalue weighted by Gasteiger charge is -2.19. The number of benzene rings is 2. The van der Waals surface area contributed by atoms with Crippen LogP contribution < -0.4 is 0 Å².